The van der Waals surface area contributed by atoms with Gasteiger partial charge in [-0.05, 0) is 18.4 Å². The van der Waals surface area contributed by atoms with Crippen molar-refractivity contribution in [2.45, 2.75) is 124 Å². The number of halogens is 1. The van der Waals surface area contributed by atoms with Crippen molar-refractivity contribution in [2.24, 2.45) is 0 Å². The lowest BCUT2D eigenvalue weighted by molar-refractivity contribution is -0.130. The summed E-state index contributed by atoms with van der Waals surface area (Å²) in [6.07, 6.45) is 15.4. The van der Waals surface area contributed by atoms with E-state index in [4.69, 9.17) is 11.6 Å². The number of H-pyrrole nitrogens is 1. The second-order valence-electron chi connectivity index (χ2n) is 12.0. The minimum atomic E-state index is -0.119. The van der Waals surface area contributed by atoms with Crippen LogP contribution in [-0.2, 0) is 16.6 Å². The normalized spacial score (nSPS) is 11.9. The molecule has 0 spiro atoms. The largest absolute Gasteiger partial charge is 0.342 e. The zero-order valence-corrected chi connectivity index (χ0v) is 25.7. The maximum Gasteiger partial charge on any atom is 0.226 e. The van der Waals surface area contributed by atoms with Gasteiger partial charge in [-0.2, -0.15) is 4.63 Å². The Kier molecular flexibility index (Phi) is 12.4. The number of aromatic amines is 1. The van der Waals surface area contributed by atoms with Gasteiger partial charge in [0.2, 0.25) is 5.91 Å². The first-order chi connectivity index (χ1) is 18.7. The van der Waals surface area contributed by atoms with Crippen LogP contribution in [0.2, 0.25) is 5.02 Å². The van der Waals surface area contributed by atoms with E-state index in [1.54, 1.807) is 4.63 Å². The Morgan fingerprint density at radius 3 is 1.92 bits per heavy atom. The minimum absolute atomic E-state index is 0.119. The summed E-state index contributed by atoms with van der Waals surface area (Å²) in [6, 6.07) is 8.06. The Balaban J connectivity index is 1.59. The fourth-order valence-electron chi connectivity index (χ4n) is 5.00. The van der Waals surface area contributed by atoms with E-state index in [0.29, 0.717) is 22.9 Å². The van der Waals surface area contributed by atoms with Crippen LogP contribution in [0.5, 0.6) is 0 Å². The van der Waals surface area contributed by atoms with Gasteiger partial charge >= 0.3 is 0 Å². The molecule has 1 aromatic carbocycles. The van der Waals surface area contributed by atoms with E-state index in [-0.39, 0.29) is 11.3 Å². The number of nitrogens with one attached hydrogen (secondary N) is 1. The lowest BCUT2D eigenvalue weighted by atomic mass is 9.92. The second kappa shape index (κ2) is 15.4. The second-order valence-corrected chi connectivity index (χ2v) is 12.4. The van der Waals surface area contributed by atoms with Crippen molar-refractivity contribution in [1.82, 2.24) is 24.7 Å². The van der Waals surface area contributed by atoms with Crippen molar-refractivity contribution in [3.63, 3.8) is 0 Å². The summed E-state index contributed by atoms with van der Waals surface area (Å²) >= 11 is 6.59. The number of unbranched alkanes of at least 4 members (excludes halogenated alkanes) is 10. The van der Waals surface area contributed by atoms with Crippen molar-refractivity contribution < 1.29 is 4.79 Å². The number of amides is 1. The van der Waals surface area contributed by atoms with Crippen LogP contribution in [0.25, 0.3) is 17.0 Å². The number of fused-ring (bicyclic) bond motifs is 1. The summed E-state index contributed by atoms with van der Waals surface area (Å²) in [6.45, 7) is 12.6. The highest BCUT2D eigenvalue weighted by atomic mass is 35.5. The fraction of sp³-hybridized carbons (Fsp3) is 0.656. The van der Waals surface area contributed by atoms with Crippen LogP contribution in [-0.4, -0.2) is 43.7 Å². The average Bonchev–Trinajstić information content (AvgIpc) is 3.46. The van der Waals surface area contributed by atoms with Gasteiger partial charge in [0.25, 0.3) is 0 Å². The summed E-state index contributed by atoms with van der Waals surface area (Å²) in [5.41, 5.74) is 3.37. The van der Waals surface area contributed by atoms with E-state index in [1.165, 1.54) is 64.2 Å². The first-order valence-corrected chi connectivity index (χ1v) is 15.6. The Morgan fingerprint density at radius 1 is 0.872 bits per heavy atom. The molecule has 2 aromatic heterocycles. The molecule has 3 aromatic rings. The quantitative estimate of drug-likeness (QED) is 0.169. The van der Waals surface area contributed by atoms with Gasteiger partial charge in [-0.3, -0.25) is 9.89 Å². The molecular weight excluding hydrogens is 506 g/mol. The van der Waals surface area contributed by atoms with Crippen LogP contribution in [0.3, 0.4) is 0 Å². The van der Waals surface area contributed by atoms with Gasteiger partial charge in [-0.25, -0.2) is 4.98 Å². The summed E-state index contributed by atoms with van der Waals surface area (Å²) in [4.78, 5) is 20.1. The monoisotopic (exact) mass is 555 g/mol. The highest BCUT2D eigenvalue weighted by Gasteiger charge is 2.24. The molecule has 0 bridgehead atoms. The van der Waals surface area contributed by atoms with E-state index in [0.717, 1.165) is 42.8 Å². The molecular formula is C32H50ClN5O. The average molecular weight is 556 g/mol. The highest BCUT2D eigenvalue weighted by molar-refractivity contribution is 6.34. The molecule has 0 fully saturated rings. The summed E-state index contributed by atoms with van der Waals surface area (Å²) < 4.78 is 1.65. The molecule has 6 nitrogen and oxygen atoms in total. The van der Waals surface area contributed by atoms with Crippen LogP contribution in [0.4, 0.5) is 0 Å². The third-order valence-corrected chi connectivity index (χ3v) is 7.83. The third-order valence-electron chi connectivity index (χ3n) is 7.47. The molecule has 0 aliphatic rings. The molecule has 1 amide bonds. The van der Waals surface area contributed by atoms with Crippen molar-refractivity contribution in [1.29, 1.82) is 0 Å². The van der Waals surface area contributed by atoms with Crippen molar-refractivity contribution >= 4 is 23.2 Å². The molecule has 0 saturated heterocycles. The molecule has 216 valence electrons. The molecule has 2 heterocycles. The molecule has 0 aliphatic carbocycles. The molecule has 0 radical (unpaired) electrons. The zero-order valence-electron chi connectivity index (χ0n) is 25.0. The molecule has 0 atom stereocenters. The number of hydrogen-bond acceptors (Lipinski definition) is 3. The third kappa shape index (κ3) is 9.37. The minimum Gasteiger partial charge on any atom is -0.342 e. The molecule has 0 saturated carbocycles. The van der Waals surface area contributed by atoms with Gasteiger partial charge in [-0.15, -0.1) is 5.10 Å². The Morgan fingerprint density at radius 2 is 1.41 bits per heavy atom. The van der Waals surface area contributed by atoms with Crippen LogP contribution in [0.15, 0.2) is 24.3 Å². The van der Waals surface area contributed by atoms with E-state index in [2.05, 4.69) is 54.7 Å². The van der Waals surface area contributed by atoms with E-state index >= 15 is 0 Å². The van der Waals surface area contributed by atoms with Crippen LogP contribution in [0, 0.1) is 0 Å². The van der Waals surface area contributed by atoms with Crippen molar-refractivity contribution in [2.75, 3.05) is 13.1 Å². The molecule has 3 rings (SSSR count). The van der Waals surface area contributed by atoms with Gasteiger partial charge in [0.05, 0.1) is 12.1 Å². The van der Waals surface area contributed by atoms with E-state index in [1.807, 2.05) is 24.3 Å². The van der Waals surface area contributed by atoms with E-state index < -0.39 is 0 Å². The predicted molar refractivity (Wildman–Crippen MR) is 164 cm³/mol. The summed E-state index contributed by atoms with van der Waals surface area (Å²) in [7, 11) is 0. The molecule has 0 aliphatic heterocycles. The van der Waals surface area contributed by atoms with Crippen molar-refractivity contribution in [3.05, 3.63) is 40.5 Å². The Bertz CT molecular complexity index is 1130. The number of carbonyl (C=O) groups is 1. The summed E-state index contributed by atoms with van der Waals surface area (Å²) in [5, 5.41) is 8.48. The topological polar surface area (TPSA) is 66.3 Å². The standard InChI is InChI=1S/C32H50ClN5O/c1-6-8-10-12-14-16-22-37(23-17-15-13-11-9-7-2)27(39)24-25-18-20-26(21-19-25)30-34-31-28(33)29(32(3,4)5)35-38(31)36-30/h18-21,35H,6-17,22-24H2,1-5H3. The van der Waals surface area contributed by atoms with Gasteiger partial charge in [0.1, 0.15) is 5.02 Å². The zero-order chi connectivity index (χ0) is 28.3. The first kappa shape index (κ1) is 31.2. The predicted octanol–water partition coefficient (Wildman–Crippen LogP) is 8.77. The number of benzene rings is 1. The van der Waals surface area contributed by atoms with Gasteiger partial charge < -0.3 is 4.90 Å². The number of carbonyl (C=O) groups excluding carboxylic acids is 1. The SMILES string of the molecule is CCCCCCCCN(CCCCCCCC)C(=O)Cc1ccc(-c2nc3c(Cl)c(C(C)(C)C)[nH]n3n2)cc1. The van der Waals surface area contributed by atoms with Crippen LogP contribution >= 0.6 is 11.6 Å². The number of nitrogens with zero attached hydrogens (tertiary/aromatic N) is 4. The number of aromatic nitrogens is 4. The number of hydrogen-bond donors (Lipinski definition) is 1. The maximum absolute atomic E-state index is 13.3. The van der Waals surface area contributed by atoms with Crippen LogP contribution in [0.1, 0.15) is 123 Å². The first-order valence-electron chi connectivity index (χ1n) is 15.3. The van der Waals surface area contributed by atoms with Gasteiger partial charge in [0.15, 0.2) is 11.5 Å². The van der Waals surface area contributed by atoms with E-state index in [9.17, 15) is 4.79 Å². The van der Waals surface area contributed by atoms with Gasteiger partial charge in [0, 0.05) is 24.1 Å². The Hall–Kier alpha value is -2.34. The molecule has 1 N–H and O–H groups in total. The molecule has 0 unspecified atom stereocenters. The molecule has 7 heteroatoms. The summed E-state index contributed by atoms with van der Waals surface area (Å²) in [5.74, 6) is 0.856. The smallest absolute Gasteiger partial charge is 0.226 e. The number of rotatable bonds is 17. The maximum atomic E-state index is 13.3. The van der Waals surface area contributed by atoms with Crippen molar-refractivity contribution in [3.8, 4) is 11.4 Å². The van der Waals surface area contributed by atoms with Gasteiger partial charge in [-0.1, -0.05) is 135 Å². The fourth-order valence-corrected chi connectivity index (χ4v) is 5.45. The lowest BCUT2D eigenvalue weighted by Crippen LogP contribution is -2.34. The highest BCUT2D eigenvalue weighted by Crippen LogP contribution is 2.31. The van der Waals surface area contributed by atoms with Crippen LogP contribution < -0.4 is 0 Å². The Labute approximate surface area is 240 Å². The molecule has 39 heavy (non-hydrogen) atoms. The lowest BCUT2D eigenvalue weighted by Gasteiger charge is -2.23.